The van der Waals surface area contributed by atoms with Crippen molar-refractivity contribution in [3.05, 3.63) is 59.4 Å². The number of nitrogens with one attached hydrogen (secondary N) is 1. The average Bonchev–Trinajstić information content (AvgIpc) is 2.49. The number of carbonyl (C=O) groups excluding carboxylic acids is 1. The van der Waals surface area contributed by atoms with Crippen molar-refractivity contribution in [2.24, 2.45) is 5.10 Å². The maximum atomic E-state index is 12.7. The van der Waals surface area contributed by atoms with Crippen molar-refractivity contribution >= 4 is 12.1 Å². The minimum absolute atomic E-state index is 0.0469. The van der Waals surface area contributed by atoms with Crippen LogP contribution in [0, 0.1) is 5.82 Å². The third kappa shape index (κ3) is 3.56. The first-order valence-electron chi connectivity index (χ1n) is 6.06. The van der Waals surface area contributed by atoms with Crippen LogP contribution in [0.25, 0.3) is 0 Å². The van der Waals surface area contributed by atoms with Crippen LogP contribution in [0.5, 0.6) is 11.5 Å². The molecule has 0 fully saturated rings. The van der Waals surface area contributed by atoms with Crippen molar-refractivity contribution in [2.45, 2.75) is 0 Å². The Morgan fingerprint density at radius 3 is 2.67 bits per heavy atom. The lowest BCUT2D eigenvalue weighted by Crippen LogP contribution is -2.17. The number of para-hydroxylation sites is 1. The zero-order valence-corrected chi connectivity index (χ0v) is 11.2. The number of hydrazone groups is 1. The zero-order valence-electron chi connectivity index (χ0n) is 11.2. The fourth-order valence-electron chi connectivity index (χ4n) is 1.64. The molecule has 0 radical (unpaired) electrons. The van der Waals surface area contributed by atoms with Gasteiger partial charge in [0.1, 0.15) is 5.82 Å². The number of hydrogen-bond acceptors (Lipinski definition) is 4. The van der Waals surface area contributed by atoms with Gasteiger partial charge in [0, 0.05) is 0 Å². The summed E-state index contributed by atoms with van der Waals surface area (Å²) in [6.45, 7) is 0. The van der Waals surface area contributed by atoms with E-state index in [0.717, 1.165) is 0 Å². The summed E-state index contributed by atoms with van der Waals surface area (Å²) in [4.78, 5) is 11.9. The Balaban J connectivity index is 2.07. The molecule has 2 N–H and O–H groups in total. The largest absolute Gasteiger partial charge is 0.504 e. The Morgan fingerprint density at radius 2 is 2.00 bits per heavy atom. The van der Waals surface area contributed by atoms with Crippen LogP contribution in [0.15, 0.2) is 47.6 Å². The molecule has 108 valence electrons. The molecule has 5 nitrogen and oxygen atoms in total. The fraction of sp³-hybridized carbons (Fsp3) is 0.0667. The van der Waals surface area contributed by atoms with Crippen LogP contribution in [-0.2, 0) is 0 Å². The molecular weight excluding hydrogens is 275 g/mol. The van der Waals surface area contributed by atoms with Gasteiger partial charge in [0.2, 0.25) is 0 Å². The van der Waals surface area contributed by atoms with E-state index in [1.54, 1.807) is 6.07 Å². The molecule has 0 aliphatic rings. The predicted molar refractivity (Wildman–Crippen MR) is 76.1 cm³/mol. The Morgan fingerprint density at radius 1 is 1.29 bits per heavy atom. The van der Waals surface area contributed by atoms with Gasteiger partial charge in [-0.1, -0.05) is 18.2 Å². The van der Waals surface area contributed by atoms with E-state index in [2.05, 4.69) is 10.5 Å². The topological polar surface area (TPSA) is 70.9 Å². The van der Waals surface area contributed by atoms with E-state index in [0.29, 0.717) is 5.56 Å². The van der Waals surface area contributed by atoms with Gasteiger partial charge in [-0.25, -0.2) is 9.82 Å². The van der Waals surface area contributed by atoms with Gasteiger partial charge in [0.05, 0.1) is 18.9 Å². The Labute approximate surface area is 120 Å². The summed E-state index contributed by atoms with van der Waals surface area (Å²) in [5.41, 5.74) is 2.95. The number of amides is 1. The van der Waals surface area contributed by atoms with Gasteiger partial charge in [-0.15, -0.1) is 0 Å². The van der Waals surface area contributed by atoms with Crippen molar-refractivity contribution in [3.8, 4) is 11.5 Å². The summed E-state index contributed by atoms with van der Waals surface area (Å²) in [6.07, 6.45) is 1.37. The molecule has 0 saturated heterocycles. The minimum Gasteiger partial charge on any atom is -0.504 e. The second-order valence-electron chi connectivity index (χ2n) is 4.11. The number of hydrogen-bond donors (Lipinski definition) is 2. The first kappa shape index (κ1) is 14.5. The number of benzene rings is 2. The van der Waals surface area contributed by atoms with Gasteiger partial charge < -0.3 is 9.84 Å². The van der Waals surface area contributed by atoms with E-state index < -0.39 is 5.91 Å². The molecule has 2 aromatic carbocycles. The molecule has 0 heterocycles. The molecule has 1 amide bonds. The third-order valence-corrected chi connectivity index (χ3v) is 2.71. The Hall–Kier alpha value is -2.89. The van der Waals surface area contributed by atoms with E-state index >= 15 is 0 Å². The van der Waals surface area contributed by atoms with E-state index in [4.69, 9.17) is 4.74 Å². The maximum absolute atomic E-state index is 12.7. The van der Waals surface area contributed by atoms with Crippen LogP contribution >= 0.6 is 0 Å². The number of aromatic hydroxyl groups is 1. The maximum Gasteiger partial charge on any atom is 0.275 e. The highest BCUT2D eigenvalue weighted by molar-refractivity contribution is 5.98. The van der Waals surface area contributed by atoms with Gasteiger partial charge in [-0.05, 0) is 29.8 Å². The smallest absolute Gasteiger partial charge is 0.275 e. The van der Waals surface area contributed by atoms with Crippen molar-refractivity contribution < 1.29 is 19.0 Å². The highest BCUT2D eigenvalue weighted by atomic mass is 19.1. The number of methoxy groups -OCH3 is 1. The van der Waals surface area contributed by atoms with Crippen molar-refractivity contribution in [1.82, 2.24) is 5.43 Å². The van der Waals surface area contributed by atoms with Crippen LogP contribution in [0.4, 0.5) is 4.39 Å². The molecule has 0 aliphatic carbocycles. The number of phenolic OH excluding ortho intramolecular Hbond substituents is 1. The van der Waals surface area contributed by atoms with Crippen LogP contribution in [0.2, 0.25) is 0 Å². The van der Waals surface area contributed by atoms with Crippen molar-refractivity contribution in [1.29, 1.82) is 0 Å². The lowest BCUT2D eigenvalue weighted by Gasteiger charge is -2.07. The Bertz CT molecular complexity index is 669. The summed E-state index contributed by atoms with van der Waals surface area (Å²) < 4.78 is 17.6. The third-order valence-electron chi connectivity index (χ3n) is 2.71. The number of ether oxygens (including phenoxy) is 1. The second kappa shape index (κ2) is 6.51. The minimum atomic E-state index is -0.579. The highest BCUT2D eigenvalue weighted by Gasteiger charge is 2.13. The molecule has 0 unspecified atom stereocenters. The van der Waals surface area contributed by atoms with Crippen LogP contribution in [-0.4, -0.2) is 24.3 Å². The van der Waals surface area contributed by atoms with Gasteiger partial charge in [-0.3, -0.25) is 4.79 Å². The molecule has 0 saturated carbocycles. The normalized spacial score (nSPS) is 10.6. The molecule has 0 aliphatic heterocycles. The SMILES string of the molecule is COc1cccc(C(=O)NN=Cc2ccc(F)cc2)c1O. The van der Waals surface area contributed by atoms with Gasteiger partial charge in [0.25, 0.3) is 5.91 Å². The van der Waals surface area contributed by atoms with E-state index in [1.165, 1.54) is 49.7 Å². The van der Waals surface area contributed by atoms with Gasteiger partial charge >= 0.3 is 0 Å². The van der Waals surface area contributed by atoms with Gasteiger partial charge in [0.15, 0.2) is 11.5 Å². The molecule has 0 aromatic heterocycles. The summed E-state index contributed by atoms with van der Waals surface area (Å²) in [6, 6.07) is 10.2. The fourth-order valence-corrected chi connectivity index (χ4v) is 1.64. The van der Waals surface area contributed by atoms with E-state index in [1.807, 2.05) is 0 Å². The summed E-state index contributed by atoms with van der Waals surface area (Å²) in [5, 5.41) is 13.6. The standard InChI is InChI=1S/C15H13FN2O3/c1-21-13-4-2-3-12(14(13)19)15(20)18-17-9-10-5-7-11(16)8-6-10/h2-9,19H,1H3,(H,18,20). The summed E-state index contributed by atoms with van der Waals surface area (Å²) in [5.74, 6) is -0.984. The van der Waals surface area contributed by atoms with E-state index in [-0.39, 0.29) is 22.9 Å². The molecule has 0 bridgehead atoms. The number of rotatable bonds is 4. The summed E-state index contributed by atoms with van der Waals surface area (Å²) >= 11 is 0. The number of nitrogens with zero attached hydrogens (tertiary/aromatic N) is 1. The van der Waals surface area contributed by atoms with Crippen molar-refractivity contribution in [2.75, 3.05) is 7.11 Å². The quantitative estimate of drug-likeness (QED) is 0.670. The lowest BCUT2D eigenvalue weighted by molar-refractivity contribution is 0.0952. The van der Waals surface area contributed by atoms with Crippen molar-refractivity contribution in [3.63, 3.8) is 0 Å². The average molecular weight is 288 g/mol. The van der Waals surface area contributed by atoms with Crippen LogP contribution in [0.3, 0.4) is 0 Å². The molecule has 2 rings (SSSR count). The molecule has 2 aromatic rings. The molecular formula is C15H13FN2O3. The monoisotopic (exact) mass is 288 g/mol. The number of phenols is 1. The van der Waals surface area contributed by atoms with E-state index in [9.17, 15) is 14.3 Å². The predicted octanol–water partition coefficient (Wildman–Crippen LogP) is 2.30. The summed E-state index contributed by atoms with van der Waals surface area (Å²) in [7, 11) is 1.39. The molecule has 6 heteroatoms. The van der Waals surface area contributed by atoms with Crippen LogP contribution < -0.4 is 10.2 Å². The zero-order chi connectivity index (χ0) is 15.2. The van der Waals surface area contributed by atoms with Crippen LogP contribution in [0.1, 0.15) is 15.9 Å². The first-order chi connectivity index (χ1) is 10.1. The molecule has 21 heavy (non-hydrogen) atoms. The molecule has 0 spiro atoms. The number of halogens is 1. The number of carbonyl (C=O) groups is 1. The second-order valence-corrected chi connectivity index (χ2v) is 4.11. The van der Waals surface area contributed by atoms with Gasteiger partial charge in [-0.2, -0.15) is 5.10 Å². The molecule has 0 atom stereocenters. The first-order valence-corrected chi connectivity index (χ1v) is 6.06. The highest BCUT2D eigenvalue weighted by Crippen LogP contribution is 2.29. The lowest BCUT2D eigenvalue weighted by atomic mass is 10.2. The Kier molecular flexibility index (Phi) is 4.50.